The van der Waals surface area contributed by atoms with Gasteiger partial charge in [-0.2, -0.15) is 13.2 Å². The highest BCUT2D eigenvalue weighted by Gasteiger charge is 2.50. The zero-order valence-electron chi connectivity index (χ0n) is 27.5. The number of carbonyl (C=O) groups excluding carboxylic acids is 3. The highest BCUT2D eigenvalue weighted by atomic mass is 32.1. The van der Waals surface area contributed by atoms with Gasteiger partial charge in [0.1, 0.15) is 12.1 Å². The van der Waals surface area contributed by atoms with Crippen molar-refractivity contribution in [1.29, 1.82) is 0 Å². The van der Waals surface area contributed by atoms with Crippen LogP contribution in [0.5, 0.6) is 0 Å². The molecule has 1 spiro atoms. The van der Waals surface area contributed by atoms with Gasteiger partial charge in [0.2, 0.25) is 17.7 Å². The van der Waals surface area contributed by atoms with Gasteiger partial charge in [0.15, 0.2) is 0 Å². The van der Waals surface area contributed by atoms with Crippen molar-refractivity contribution in [2.75, 3.05) is 13.1 Å². The third-order valence-electron chi connectivity index (χ3n) is 9.32. The lowest BCUT2D eigenvalue weighted by molar-refractivity contribution is -0.192. The van der Waals surface area contributed by atoms with Gasteiger partial charge in [0.25, 0.3) is 0 Å². The fourth-order valence-electron chi connectivity index (χ4n) is 6.80. The molecule has 5 rings (SSSR count). The summed E-state index contributed by atoms with van der Waals surface area (Å²) in [6.07, 6.45) is -0.778. The highest BCUT2D eigenvalue weighted by Crippen LogP contribution is 2.41. The third kappa shape index (κ3) is 8.72. The smallest absolute Gasteiger partial charge is 0.475 e. The molecule has 2 aromatic rings. The van der Waals surface area contributed by atoms with Gasteiger partial charge in [0.05, 0.1) is 28.1 Å². The number of hydrogen-bond acceptors (Lipinski definition) is 8. The number of carboxylic acid groups (broad SMARTS) is 1. The van der Waals surface area contributed by atoms with E-state index in [0.717, 1.165) is 60.3 Å². The van der Waals surface area contributed by atoms with E-state index in [1.807, 2.05) is 57.5 Å². The van der Waals surface area contributed by atoms with Crippen molar-refractivity contribution in [3.63, 3.8) is 0 Å². The lowest BCUT2D eigenvalue weighted by Gasteiger charge is -2.37. The number of carboxylic acids is 1. The Morgan fingerprint density at radius 2 is 1.73 bits per heavy atom. The molecule has 3 heterocycles. The van der Waals surface area contributed by atoms with Crippen molar-refractivity contribution in [2.24, 2.45) is 11.3 Å². The Balaban J connectivity index is 0.000000671. The maximum Gasteiger partial charge on any atom is 0.490 e. The second-order valence-electron chi connectivity index (χ2n) is 13.8. The van der Waals surface area contributed by atoms with Crippen LogP contribution in [-0.4, -0.2) is 86.8 Å². The summed E-state index contributed by atoms with van der Waals surface area (Å²) >= 11 is 1.59. The zero-order chi connectivity index (χ0) is 35.4. The van der Waals surface area contributed by atoms with Gasteiger partial charge in [0, 0.05) is 25.0 Å². The molecule has 1 aliphatic carbocycles. The first kappa shape index (κ1) is 37.3. The average molecular weight is 696 g/mol. The number of hydrogen-bond donors (Lipinski definition) is 5. The standard InChI is InChI=1S/C31H43N5O4S.C2HF3O2/c1-19-25(41-18-33-19)21-9-7-20(8-10-21)16-32-28(39)24-15-22(37)17-36(24)29(40)26(30(2,3)4)35-27(38)23-11-14-34-31(23)12-5-6-13-31;3-2(4,5)1(6)7/h7-10,18,22-24,26,34,37H,5-6,11-17H2,1-4H3,(H,32,39)(H,35,38);(H,6,7)/t22-,23?,24+,26+;/m1./s1. The van der Waals surface area contributed by atoms with Gasteiger partial charge in [-0.1, -0.05) is 57.9 Å². The van der Waals surface area contributed by atoms with Gasteiger partial charge >= 0.3 is 12.1 Å². The summed E-state index contributed by atoms with van der Waals surface area (Å²) in [4.78, 5) is 56.7. The summed E-state index contributed by atoms with van der Waals surface area (Å²) in [5, 5.41) is 27.3. The Hall–Kier alpha value is -3.56. The highest BCUT2D eigenvalue weighted by molar-refractivity contribution is 7.13. The Labute approximate surface area is 281 Å². The molecule has 2 saturated heterocycles. The van der Waals surface area contributed by atoms with E-state index in [4.69, 9.17) is 9.90 Å². The van der Waals surface area contributed by atoms with Crippen LogP contribution in [0.25, 0.3) is 10.4 Å². The molecule has 3 fully saturated rings. The summed E-state index contributed by atoms with van der Waals surface area (Å²) in [5.74, 6) is -3.65. The van der Waals surface area contributed by atoms with E-state index < -0.39 is 35.7 Å². The number of alkyl halides is 3. The van der Waals surface area contributed by atoms with Crippen LogP contribution in [0, 0.1) is 18.3 Å². The number of thiazole rings is 1. The number of nitrogens with one attached hydrogen (secondary N) is 3. The van der Waals surface area contributed by atoms with Crippen molar-refractivity contribution in [1.82, 2.24) is 25.8 Å². The quantitative estimate of drug-likeness (QED) is 0.293. The number of aliphatic hydroxyl groups is 1. The van der Waals surface area contributed by atoms with Crippen LogP contribution in [0.15, 0.2) is 29.8 Å². The van der Waals surface area contributed by atoms with E-state index in [-0.39, 0.29) is 42.1 Å². The second-order valence-corrected chi connectivity index (χ2v) is 14.7. The topological polar surface area (TPSA) is 161 Å². The van der Waals surface area contributed by atoms with E-state index in [1.54, 1.807) is 11.3 Å². The first-order chi connectivity index (χ1) is 22.4. The predicted octanol–water partition coefficient (Wildman–Crippen LogP) is 3.78. The summed E-state index contributed by atoms with van der Waals surface area (Å²) in [5.41, 5.74) is 4.09. The fourth-order valence-corrected chi connectivity index (χ4v) is 7.61. The van der Waals surface area contributed by atoms with Crippen LogP contribution in [0.4, 0.5) is 13.2 Å². The number of aryl methyl sites for hydroxylation is 1. The van der Waals surface area contributed by atoms with E-state index in [2.05, 4.69) is 20.9 Å². The predicted molar refractivity (Wildman–Crippen MR) is 173 cm³/mol. The number of β-amino-alcohol motifs (C(OH)–C–C–N with tert-alkyl or cyclic N) is 1. The molecule has 1 aromatic carbocycles. The van der Waals surface area contributed by atoms with Crippen molar-refractivity contribution < 1.29 is 42.6 Å². The zero-order valence-corrected chi connectivity index (χ0v) is 28.3. The summed E-state index contributed by atoms with van der Waals surface area (Å²) in [7, 11) is 0. The molecule has 1 unspecified atom stereocenters. The van der Waals surface area contributed by atoms with Crippen LogP contribution in [0.3, 0.4) is 0 Å². The minimum Gasteiger partial charge on any atom is -0.475 e. The number of rotatable bonds is 7. The Kier molecular flexibility index (Phi) is 11.6. The number of benzene rings is 1. The number of amides is 3. The molecule has 3 amide bonds. The molecule has 0 bridgehead atoms. The van der Waals surface area contributed by atoms with E-state index >= 15 is 0 Å². The molecule has 5 N–H and O–H groups in total. The van der Waals surface area contributed by atoms with Crippen LogP contribution >= 0.6 is 11.3 Å². The molecule has 3 aliphatic rings. The number of likely N-dealkylation sites (tertiary alicyclic amines) is 1. The number of aliphatic carboxylic acids is 1. The molecule has 1 aromatic heterocycles. The van der Waals surface area contributed by atoms with Crippen LogP contribution < -0.4 is 16.0 Å². The first-order valence-corrected chi connectivity index (χ1v) is 16.9. The van der Waals surface area contributed by atoms with Gasteiger partial charge in [-0.15, -0.1) is 11.3 Å². The lowest BCUT2D eigenvalue weighted by Crippen LogP contribution is -2.60. The maximum absolute atomic E-state index is 14.0. The second kappa shape index (κ2) is 14.9. The number of nitrogens with zero attached hydrogens (tertiary/aromatic N) is 2. The van der Waals surface area contributed by atoms with Gasteiger partial charge < -0.3 is 31.1 Å². The molecule has 4 atom stereocenters. The molecule has 1 saturated carbocycles. The molecule has 0 radical (unpaired) electrons. The van der Waals surface area contributed by atoms with Gasteiger partial charge in [-0.25, -0.2) is 9.78 Å². The molecule has 15 heteroatoms. The van der Waals surface area contributed by atoms with Crippen molar-refractivity contribution in [3.8, 4) is 10.4 Å². The average Bonchev–Trinajstić information content (AvgIpc) is 3.83. The number of aromatic nitrogens is 1. The van der Waals surface area contributed by atoms with Crippen LogP contribution in [0.1, 0.15) is 70.6 Å². The number of carbonyl (C=O) groups is 4. The third-order valence-corrected chi connectivity index (χ3v) is 10.3. The summed E-state index contributed by atoms with van der Waals surface area (Å²) in [6.45, 7) is 8.94. The minimum absolute atomic E-state index is 0.0667. The molecular formula is C33H44F3N5O6S. The van der Waals surface area contributed by atoms with Gasteiger partial charge in [-0.05, 0) is 49.3 Å². The normalized spacial score (nSPS) is 22.6. The van der Waals surface area contributed by atoms with E-state index in [1.165, 1.54) is 4.90 Å². The molecule has 48 heavy (non-hydrogen) atoms. The molecule has 11 nitrogen and oxygen atoms in total. The van der Waals surface area contributed by atoms with Crippen molar-refractivity contribution in [2.45, 2.75) is 103 Å². The number of aliphatic hydroxyl groups excluding tert-OH is 1. The Morgan fingerprint density at radius 3 is 2.27 bits per heavy atom. The Bertz CT molecular complexity index is 1460. The van der Waals surface area contributed by atoms with Crippen molar-refractivity contribution >= 4 is 35.0 Å². The largest absolute Gasteiger partial charge is 0.490 e. The molecular weight excluding hydrogens is 651 g/mol. The Morgan fingerprint density at radius 1 is 1.10 bits per heavy atom. The van der Waals surface area contributed by atoms with Gasteiger partial charge in [-0.3, -0.25) is 14.4 Å². The molecule has 2 aliphatic heterocycles. The van der Waals surface area contributed by atoms with Crippen LogP contribution in [0.2, 0.25) is 0 Å². The summed E-state index contributed by atoms with van der Waals surface area (Å²) in [6, 6.07) is 6.38. The monoisotopic (exact) mass is 695 g/mol. The molecule has 264 valence electrons. The van der Waals surface area contributed by atoms with Crippen molar-refractivity contribution in [3.05, 3.63) is 41.0 Å². The number of halogens is 3. The fraction of sp³-hybridized carbons (Fsp3) is 0.606. The van der Waals surface area contributed by atoms with E-state index in [9.17, 15) is 32.7 Å². The maximum atomic E-state index is 14.0. The lowest BCUT2D eigenvalue weighted by atomic mass is 9.81. The van der Waals surface area contributed by atoms with Crippen LogP contribution in [-0.2, 0) is 25.7 Å². The summed E-state index contributed by atoms with van der Waals surface area (Å²) < 4.78 is 31.7. The SMILES string of the molecule is Cc1ncsc1-c1ccc(CNC(=O)[C@@H]2C[C@@H](O)CN2C(=O)[C@H](NC(=O)C2CCNC23CCCC3)C(C)(C)C)cc1.O=C(O)C(F)(F)F. The van der Waals surface area contributed by atoms with E-state index in [0.29, 0.717) is 6.54 Å². The first-order valence-electron chi connectivity index (χ1n) is 16.0. The minimum atomic E-state index is -5.08.